The quantitative estimate of drug-likeness (QED) is 0.00911. The zero-order chi connectivity index (χ0) is 53.6. The Kier molecular flexibility index (Phi) is 26.5. The Morgan fingerprint density at radius 2 is 1.51 bits per heavy atom. The molecule has 402 valence electrons. The van der Waals surface area contributed by atoms with E-state index in [9.17, 15) is 24.4 Å². The average molecular weight is 1120 g/mol. The summed E-state index contributed by atoms with van der Waals surface area (Å²) in [5, 5.41) is 26.1. The molecule has 5 rings (SSSR count). The van der Waals surface area contributed by atoms with Crippen molar-refractivity contribution >= 4 is 74.8 Å². The number of rotatable bonds is 33. The molecule has 75 heavy (non-hydrogen) atoms. The molecular weight excluding hydrogens is 1050 g/mol. The molecule has 3 aromatic carbocycles. The largest absolute Gasteiger partial charge is 0.488 e. The van der Waals surface area contributed by atoms with E-state index in [-0.39, 0.29) is 54.6 Å². The summed E-state index contributed by atoms with van der Waals surface area (Å²) in [5.41, 5.74) is 4.36. The van der Waals surface area contributed by atoms with Crippen LogP contribution in [-0.4, -0.2) is 133 Å². The number of amides is 4. The molecule has 4 N–H and O–H groups in total. The lowest BCUT2D eigenvalue weighted by Gasteiger charge is -2.39. The zero-order valence-corrected chi connectivity index (χ0v) is 44.9. The minimum absolute atomic E-state index is 0.0269. The van der Waals surface area contributed by atoms with Crippen LogP contribution in [-0.2, 0) is 42.9 Å². The Morgan fingerprint density at radius 1 is 0.867 bits per heavy atom. The topological polar surface area (TPSA) is 233 Å². The Balaban J connectivity index is 0.808. The summed E-state index contributed by atoms with van der Waals surface area (Å²) in [4.78, 5) is 61.8. The van der Waals surface area contributed by atoms with E-state index in [0.717, 1.165) is 28.9 Å². The lowest BCUT2D eigenvalue weighted by molar-refractivity contribution is -0.126. The fourth-order valence-corrected chi connectivity index (χ4v) is 8.24. The molecule has 0 saturated heterocycles. The van der Waals surface area contributed by atoms with Crippen LogP contribution in [0.2, 0.25) is 5.02 Å². The fourth-order valence-electron chi connectivity index (χ4n) is 7.76. The van der Waals surface area contributed by atoms with Gasteiger partial charge in [-0.25, -0.2) is 4.98 Å². The average Bonchev–Trinajstić information content (AvgIpc) is 3.40. The van der Waals surface area contributed by atoms with Crippen molar-refractivity contribution in [2.45, 2.75) is 58.2 Å². The number of carbonyl (C=O) groups excluding carboxylic acids is 4. The first kappa shape index (κ1) is 59.4. The minimum Gasteiger partial charge on any atom is -0.488 e. The van der Waals surface area contributed by atoms with Gasteiger partial charge in [-0.15, -0.1) is 0 Å². The Morgan fingerprint density at radius 3 is 2.12 bits per heavy atom. The summed E-state index contributed by atoms with van der Waals surface area (Å²) in [6, 6.07) is 26.9. The lowest BCUT2D eigenvalue weighted by Crippen LogP contribution is -2.43. The highest BCUT2D eigenvalue weighted by atomic mass is 79.9. The molecule has 19 nitrogen and oxygen atoms in total. The summed E-state index contributed by atoms with van der Waals surface area (Å²) in [5.74, 6) is -0.547. The number of nitrogens with zero attached hydrogens (tertiary/aromatic N) is 4. The second-order valence-electron chi connectivity index (χ2n) is 16.9. The van der Waals surface area contributed by atoms with Crippen molar-refractivity contribution < 1.29 is 52.4 Å². The molecule has 3 atom stereocenters. The third-order valence-corrected chi connectivity index (χ3v) is 12.0. The van der Waals surface area contributed by atoms with Gasteiger partial charge in [0.25, 0.3) is 17.7 Å². The van der Waals surface area contributed by atoms with Crippen LogP contribution in [0.25, 0.3) is 6.08 Å². The van der Waals surface area contributed by atoms with E-state index in [1.54, 1.807) is 48.2 Å². The third-order valence-electron chi connectivity index (χ3n) is 11.3. The van der Waals surface area contributed by atoms with E-state index in [1.807, 2.05) is 68.4 Å². The number of hydrogen-bond donors (Lipinski definition) is 4. The Hall–Kier alpha value is -6.44. The van der Waals surface area contributed by atoms with E-state index in [2.05, 4.69) is 47.3 Å². The standard InChI is InChI=1S/C54H66BrClN8O11/c1-4-6-48(63-54(68)42(36-57)34-45-7-5-8-51(55)62-45)40-9-16-46(17-10-40)74-24-21-60-75-37-52(66)58-19-22-69-25-27-71-29-31-73-32-30-72-28-26-70-23-20-59-53(67)41-11-18-50-47(35-41)49(33-38(2)64(50)39(3)65)61-44-14-12-43(56)13-15-44/h5,7-18,21,34-35,38,48-49,61H,4,6,19-20,22-33,37H2,1-3H3,(H,58,66)(H,59,67)(H,63,68)/b42-34+,60-21+/t38-,48?,49+/m0/s1. The number of fused-ring (bicyclic) bond motifs is 1. The van der Waals surface area contributed by atoms with Gasteiger partial charge in [-0.3, -0.25) is 19.2 Å². The van der Waals surface area contributed by atoms with Crippen LogP contribution in [0.15, 0.2) is 100 Å². The van der Waals surface area contributed by atoms with Crippen LogP contribution in [0.3, 0.4) is 0 Å². The van der Waals surface area contributed by atoms with Gasteiger partial charge in [-0.05, 0) is 120 Å². The number of oxime groups is 1. The second kappa shape index (κ2) is 33.5. The maximum Gasteiger partial charge on any atom is 0.262 e. The van der Waals surface area contributed by atoms with E-state index in [1.165, 1.54) is 12.3 Å². The van der Waals surface area contributed by atoms with Gasteiger partial charge in [0.2, 0.25) is 5.91 Å². The number of ether oxygens (including phenoxy) is 6. The van der Waals surface area contributed by atoms with Crippen LogP contribution in [0, 0.1) is 11.3 Å². The van der Waals surface area contributed by atoms with E-state index in [0.29, 0.717) is 119 Å². The summed E-state index contributed by atoms with van der Waals surface area (Å²) in [7, 11) is 0. The van der Waals surface area contributed by atoms with Gasteiger partial charge in [0.1, 0.15) is 28.6 Å². The van der Waals surface area contributed by atoms with Crippen molar-refractivity contribution in [3.05, 3.63) is 123 Å². The van der Waals surface area contributed by atoms with Gasteiger partial charge < -0.3 is 59.4 Å². The number of benzene rings is 3. The number of anilines is 2. The molecule has 2 heterocycles. The molecule has 1 aliphatic rings. The number of halogens is 2. The zero-order valence-electron chi connectivity index (χ0n) is 42.5. The highest BCUT2D eigenvalue weighted by molar-refractivity contribution is 9.10. The van der Waals surface area contributed by atoms with Crippen molar-refractivity contribution in [3.8, 4) is 11.8 Å². The number of pyridine rings is 1. The maximum atomic E-state index is 13.1. The maximum absolute atomic E-state index is 13.1. The first-order valence-electron chi connectivity index (χ1n) is 24.8. The van der Waals surface area contributed by atoms with Gasteiger partial charge >= 0.3 is 0 Å². The first-order valence-corrected chi connectivity index (χ1v) is 25.9. The molecule has 21 heteroatoms. The smallest absolute Gasteiger partial charge is 0.262 e. The predicted octanol–water partition coefficient (Wildman–Crippen LogP) is 7.37. The van der Waals surface area contributed by atoms with Gasteiger partial charge in [-0.1, -0.05) is 48.3 Å². The van der Waals surface area contributed by atoms with Crippen LogP contribution in [0.5, 0.6) is 5.75 Å². The van der Waals surface area contributed by atoms with Crippen molar-refractivity contribution in [1.29, 1.82) is 5.26 Å². The van der Waals surface area contributed by atoms with Crippen molar-refractivity contribution in [1.82, 2.24) is 20.9 Å². The molecule has 0 fully saturated rings. The fraction of sp³-hybridized carbons (Fsp3) is 0.426. The second-order valence-corrected chi connectivity index (χ2v) is 18.2. The normalized spacial score (nSPS) is 14.6. The van der Waals surface area contributed by atoms with E-state index < -0.39 is 5.91 Å². The molecule has 1 aromatic heterocycles. The Bertz CT molecular complexity index is 2530. The molecule has 1 unspecified atom stereocenters. The molecule has 0 saturated carbocycles. The lowest BCUT2D eigenvalue weighted by atomic mass is 9.90. The van der Waals surface area contributed by atoms with E-state index >= 15 is 0 Å². The molecule has 0 bridgehead atoms. The molecule has 4 aromatic rings. The van der Waals surface area contributed by atoms with Crippen LogP contribution < -0.4 is 30.9 Å². The number of aromatic nitrogens is 1. The van der Waals surface area contributed by atoms with Crippen LogP contribution in [0.1, 0.15) is 79.3 Å². The predicted molar refractivity (Wildman–Crippen MR) is 289 cm³/mol. The van der Waals surface area contributed by atoms with Gasteiger partial charge in [0.05, 0.1) is 90.1 Å². The highest BCUT2D eigenvalue weighted by Crippen LogP contribution is 2.40. The van der Waals surface area contributed by atoms with Crippen molar-refractivity contribution in [3.63, 3.8) is 0 Å². The van der Waals surface area contributed by atoms with E-state index in [4.69, 9.17) is 44.9 Å². The van der Waals surface area contributed by atoms with Gasteiger partial charge in [-0.2, -0.15) is 5.26 Å². The van der Waals surface area contributed by atoms with Crippen LogP contribution in [0.4, 0.5) is 11.4 Å². The molecular formula is C54H66BrClN8O11. The molecule has 4 amide bonds. The number of nitrogens with one attached hydrogen (secondary N) is 4. The number of carbonyl (C=O) groups is 4. The minimum atomic E-state index is -0.486. The highest BCUT2D eigenvalue weighted by Gasteiger charge is 2.33. The number of nitriles is 1. The van der Waals surface area contributed by atoms with Gasteiger partial charge in [0.15, 0.2) is 6.61 Å². The summed E-state index contributed by atoms with van der Waals surface area (Å²) < 4.78 is 34.0. The molecule has 0 spiro atoms. The molecule has 0 radical (unpaired) electrons. The SMILES string of the molecule is CCCC(NC(=O)/C(C#N)=C/c1cccc(Br)n1)c1ccc(OC/C=N/OCC(=O)NCCOCCOCCOCCOCCOCCNC(=O)c2ccc3c(c2)[C@H](Nc2ccc(Cl)cc2)C[C@H](C)N3C(C)=O)cc1. The number of hydrogen-bond acceptors (Lipinski definition) is 15. The monoisotopic (exact) mass is 1120 g/mol. The first-order chi connectivity index (χ1) is 36.4. The summed E-state index contributed by atoms with van der Waals surface area (Å²) in [6.07, 6.45) is 5.00. The third kappa shape index (κ3) is 21.4. The van der Waals surface area contributed by atoms with Gasteiger partial charge in [0, 0.05) is 48.0 Å². The molecule has 1 aliphatic heterocycles. The van der Waals surface area contributed by atoms with Crippen molar-refractivity contribution in [2.75, 3.05) is 103 Å². The van der Waals surface area contributed by atoms with Crippen molar-refractivity contribution in [2.24, 2.45) is 5.16 Å². The Labute approximate surface area is 451 Å². The van der Waals surface area contributed by atoms with Crippen LogP contribution >= 0.6 is 27.5 Å². The summed E-state index contributed by atoms with van der Waals surface area (Å²) >= 11 is 9.38. The molecule has 0 aliphatic carbocycles. The summed E-state index contributed by atoms with van der Waals surface area (Å²) in [6.45, 7) is 9.71.